The Kier molecular flexibility index (Phi) is 3.45. The van der Waals surface area contributed by atoms with Gasteiger partial charge in [-0.25, -0.2) is 0 Å². The van der Waals surface area contributed by atoms with Crippen LogP contribution in [-0.2, 0) is 0 Å². The van der Waals surface area contributed by atoms with Gasteiger partial charge in [-0.1, -0.05) is 19.9 Å². The van der Waals surface area contributed by atoms with Gasteiger partial charge in [0.2, 0.25) is 0 Å². The molecule has 0 radical (unpaired) electrons. The minimum atomic E-state index is 0.0104. The first-order chi connectivity index (χ1) is 8.66. The molecule has 0 atom stereocenters. The molecule has 2 N–H and O–H groups in total. The molecule has 0 amide bonds. The first kappa shape index (κ1) is 12.7. The van der Waals surface area contributed by atoms with E-state index < -0.39 is 0 Å². The van der Waals surface area contributed by atoms with Crippen molar-refractivity contribution in [2.45, 2.75) is 32.2 Å². The smallest absolute Gasteiger partial charge is 0.196 e. The SMILES string of the molecule is CCC1(CC)CN=C(N)N1c1cccc(OC)c1. The highest BCUT2D eigenvalue weighted by Crippen LogP contribution is 2.35. The second-order valence-corrected chi connectivity index (χ2v) is 4.64. The second kappa shape index (κ2) is 4.88. The maximum absolute atomic E-state index is 6.06. The van der Waals surface area contributed by atoms with Crippen LogP contribution in [0.1, 0.15) is 26.7 Å². The van der Waals surface area contributed by atoms with Crippen LogP contribution in [0.4, 0.5) is 5.69 Å². The van der Waals surface area contributed by atoms with Gasteiger partial charge in [-0.3, -0.25) is 4.99 Å². The Morgan fingerprint density at radius 1 is 1.39 bits per heavy atom. The summed E-state index contributed by atoms with van der Waals surface area (Å²) in [5.74, 6) is 1.44. The van der Waals surface area contributed by atoms with Crippen molar-refractivity contribution in [3.8, 4) is 5.75 Å². The van der Waals surface area contributed by atoms with Crippen LogP contribution in [0.5, 0.6) is 5.75 Å². The van der Waals surface area contributed by atoms with E-state index in [-0.39, 0.29) is 5.54 Å². The topological polar surface area (TPSA) is 50.8 Å². The summed E-state index contributed by atoms with van der Waals surface area (Å²) in [6.07, 6.45) is 2.04. The van der Waals surface area contributed by atoms with Gasteiger partial charge in [-0.2, -0.15) is 0 Å². The van der Waals surface area contributed by atoms with Crippen molar-refractivity contribution in [2.75, 3.05) is 18.6 Å². The van der Waals surface area contributed by atoms with E-state index in [9.17, 15) is 0 Å². The minimum Gasteiger partial charge on any atom is -0.497 e. The third kappa shape index (κ3) is 1.92. The molecule has 1 aliphatic rings. The lowest BCUT2D eigenvalue weighted by atomic mass is 9.91. The van der Waals surface area contributed by atoms with Gasteiger partial charge in [0.1, 0.15) is 5.75 Å². The number of ether oxygens (including phenoxy) is 1. The number of methoxy groups -OCH3 is 1. The van der Waals surface area contributed by atoms with Crippen LogP contribution in [0, 0.1) is 0 Å². The quantitative estimate of drug-likeness (QED) is 0.888. The van der Waals surface area contributed by atoms with Crippen LogP contribution in [0.25, 0.3) is 0 Å². The molecule has 18 heavy (non-hydrogen) atoms. The van der Waals surface area contributed by atoms with Gasteiger partial charge in [0, 0.05) is 11.8 Å². The van der Waals surface area contributed by atoms with Crippen molar-refractivity contribution < 1.29 is 4.74 Å². The number of nitrogens with zero attached hydrogens (tertiary/aromatic N) is 2. The number of benzene rings is 1. The molecular weight excluding hydrogens is 226 g/mol. The molecule has 0 spiro atoms. The Bertz CT molecular complexity index is 452. The van der Waals surface area contributed by atoms with Gasteiger partial charge < -0.3 is 15.4 Å². The van der Waals surface area contributed by atoms with E-state index in [1.807, 2.05) is 18.2 Å². The zero-order valence-electron chi connectivity index (χ0n) is 11.3. The molecule has 4 heteroatoms. The lowest BCUT2D eigenvalue weighted by Gasteiger charge is -2.38. The van der Waals surface area contributed by atoms with Crippen molar-refractivity contribution in [1.29, 1.82) is 0 Å². The Morgan fingerprint density at radius 2 is 2.11 bits per heavy atom. The highest BCUT2D eigenvalue weighted by Gasteiger charge is 2.40. The summed E-state index contributed by atoms with van der Waals surface area (Å²) in [4.78, 5) is 6.57. The standard InChI is InChI=1S/C14H21N3O/c1-4-14(5-2)10-16-13(15)17(14)11-7-6-8-12(9-11)18-3/h6-9H,4-5,10H2,1-3H3,(H2,15,16). The molecule has 1 heterocycles. The third-order valence-corrected chi connectivity index (χ3v) is 3.87. The zero-order valence-corrected chi connectivity index (χ0v) is 11.3. The molecule has 2 rings (SSSR count). The highest BCUT2D eigenvalue weighted by atomic mass is 16.5. The number of guanidine groups is 1. The average molecular weight is 247 g/mol. The molecule has 1 aromatic rings. The Morgan fingerprint density at radius 3 is 2.72 bits per heavy atom. The average Bonchev–Trinajstić information content (AvgIpc) is 2.76. The summed E-state index contributed by atoms with van der Waals surface area (Å²) in [5, 5.41) is 0. The van der Waals surface area contributed by atoms with Crippen molar-refractivity contribution in [3.05, 3.63) is 24.3 Å². The largest absolute Gasteiger partial charge is 0.497 e. The van der Waals surface area contributed by atoms with E-state index in [4.69, 9.17) is 10.5 Å². The molecule has 0 saturated carbocycles. The van der Waals surface area contributed by atoms with Gasteiger partial charge in [0.25, 0.3) is 0 Å². The molecule has 4 nitrogen and oxygen atoms in total. The van der Waals surface area contributed by atoms with Crippen molar-refractivity contribution in [2.24, 2.45) is 10.7 Å². The molecule has 1 aliphatic heterocycles. The fourth-order valence-electron chi connectivity index (χ4n) is 2.56. The van der Waals surface area contributed by atoms with Gasteiger partial charge in [-0.15, -0.1) is 0 Å². The summed E-state index contributed by atoms with van der Waals surface area (Å²) in [5.41, 5.74) is 7.13. The molecule has 0 bridgehead atoms. The maximum atomic E-state index is 6.06. The number of hydrogen-bond donors (Lipinski definition) is 1. The summed E-state index contributed by atoms with van der Waals surface area (Å²) >= 11 is 0. The van der Waals surface area contributed by atoms with Crippen molar-refractivity contribution >= 4 is 11.6 Å². The number of rotatable bonds is 4. The number of aliphatic imine (C=N–C) groups is 1. The first-order valence-corrected chi connectivity index (χ1v) is 6.41. The third-order valence-electron chi connectivity index (χ3n) is 3.87. The molecule has 0 saturated heterocycles. The van der Waals surface area contributed by atoms with E-state index in [1.165, 1.54) is 0 Å². The van der Waals surface area contributed by atoms with E-state index in [1.54, 1.807) is 7.11 Å². The van der Waals surface area contributed by atoms with E-state index in [0.717, 1.165) is 30.8 Å². The normalized spacial score (nSPS) is 17.7. The highest BCUT2D eigenvalue weighted by molar-refractivity contribution is 5.98. The Hall–Kier alpha value is -1.71. The molecule has 98 valence electrons. The van der Waals surface area contributed by atoms with Gasteiger partial charge in [-0.05, 0) is 25.0 Å². The predicted octanol–water partition coefficient (Wildman–Crippen LogP) is 2.39. The summed E-state index contributed by atoms with van der Waals surface area (Å²) < 4.78 is 5.28. The Balaban J connectivity index is 2.42. The molecular formula is C14H21N3O. The molecule has 0 fully saturated rings. The summed E-state index contributed by atoms with van der Waals surface area (Å²) in [6.45, 7) is 5.14. The van der Waals surface area contributed by atoms with Crippen molar-refractivity contribution in [3.63, 3.8) is 0 Å². The van der Waals surface area contributed by atoms with E-state index in [0.29, 0.717) is 5.96 Å². The van der Waals surface area contributed by atoms with Gasteiger partial charge >= 0.3 is 0 Å². The van der Waals surface area contributed by atoms with Crippen LogP contribution in [0.3, 0.4) is 0 Å². The lowest BCUT2D eigenvalue weighted by Crippen LogP contribution is -2.51. The molecule has 0 unspecified atom stereocenters. The lowest BCUT2D eigenvalue weighted by molar-refractivity contribution is 0.411. The first-order valence-electron chi connectivity index (χ1n) is 6.41. The van der Waals surface area contributed by atoms with Crippen LogP contribution >= 0.6 is 0 Å². The summed E-state index contributed by atoms with van der Waals surface area (Å²) in [7, 11) is 1.67. The molecule has 1 aromatic carbocycles. The van der Waals surface area contributed by atoms with Crippen LogP contribution < -0.4 is 15.4 Å². The number of anilines is 1. The second-order valence-electron chi connectivity index (χ2n) is 4.64. The molecule has 0 aliphatic carbocycles. The van der Waals surface area contributed by atoms with Crippen LogP contribution in [0.15, 0.2) is 29.3 Å². The van der Waals surface area contributed by atoms with Gasteiger partial charge in [0.15, 0.2) is 5.96 Å². The minimum absolute atomic E-state index is 0.0104. The fourth-order valence-corrected chi connectivity index (χ4v) is 2.56. The van der Waals surface area contributed by atoms with E-state index in [2.05, 4.69) is 29.8 Å². The Labute approximate surface area is 108 Å². The molecule has 0 aromatic heterocycles. The summed E-state index contributed by atoms with van der Waals surface area (Å²) in [6, 6.07) is 7.98. The van der Waals surface area contributed by atoms with Crippen LogP contribution in [-0.4, -0.2) is 25.2 Å². The van der Waals surface area contributed by atoms with Crippen LogP contribution in [0.2, 0.25) is 0 Å². The maximum Gasteiger partial charge on any atom is 0.196 e. The number of hydrogen-bond acceptors (Lipinski definition) is 4. The van der Waals surface area contributed by atoms with E-state index >= 15 is 0 Å². The monoisotopic (exact) mass is 247 g/mol. The van der Waals surface area contributed by atoms with Gasteiger partial charge in [0.05, 0.1) is 19.2 Å². The number of nitrogens with two attached hydrogens (primary N) is 1. The zero-order chi connectivity index (χ0) is 13.2. The van der Waals surface area contributed by atoms with Crippen molar-refractivity contribution in [1.82, 2.24) is 0 Å². The fraction of sp³-hybridized carbons (Fsp3) is 0.500. The predicted molar refractivity (Wildman–Crippen MR) is 75.3 cm³/mol.